The van der Waals surface area contributed by atoms with Crippen LogP contribution in [0.3, 0.4) is 0 Å². The third kappa shape index (κ3) is 11.0. The summed E-state index contributed by atoms with van der Waals surface area (Å²) in [7, 11) is -4.60. The van der Waals surface area contributed by atoms with Gasteiger partial charge in [-0.1, -0.05) is 36.4 Å². The number of nitrogens with one attached hydrogen (secondary N) is 2. The molecule has 0 fully saturated rings. The van der Waals surface area contributed by atoms with Crippen LogP contribution in [-0.4, -0.2) is 51.7 Å². The van der Waals surface area contributed by atoms with E-state index in [-0.39, 0.29) is 5.97 Å². The second-order valence-corrected chi connectivity index (χ2v) is 13.1. The fourth-order valence-corrected chi connectivity index (χ4v) is 7.32. The van der Waals surface area contributed by atoms with Crippen LogP contribution in [0.1, 0.15) is 47.8 Å². The number of ether oxygens (including phenoxy) is 3. The van der Waals surface area contributed by atoms with Crippen LogP contribution in [0.2, 0.25) is 0 Å². The molecule has 0 unspecified atom stereocenters. The SMILES string of the molecule is CCOCC.CCOCC.COC(=O)c1ccc(-c2[nH]c(-c3c(C)sc4ccccc34)c(-c3c(C)sc4ccccc34)[nH+]2)cc1.F[B-](F)(F)F. The van der Waals surface area contributed by atoms with Gasteiger partial charge in [0.15, 0.2) is 11.4 Å². The van der Waals surface area contributed by atoms with Crippen molar-refractivity contribution < 1.29 is 41.3 Å². The summed E-state index contributed by atoms with van der Waals surface area (Å²) in [4.78, 5) is 21.9. The lowest BCUT2D eigenvalue weighted by molar-refractivity contribution is -0.348. The zero-order valence-corrected chi connectivity index (χ0v) is 30.9. The molecule has 0 saturated heterocycles. The van der Waals surface area contributed by atoms with Crippen molar-refractivity contribution in [2.45, 2.75) is 41.5 Å². The number of H-pyrrole nitrogens is 2. The molecule has 13 heteroatoms. The first-order chi connectivity index (χ1) is 23.9. The van der Waals surface area contributed by atoms with Gasteiger partial charge in [-0.05, 0) is 77.9 Å². The second-order valence-electron chi connectivity index (χ2n) is 10.6. The Morgan fingerprint density at radius 1 is 0.720 bits per heavy atom. The molecular formula is C37H43BF4N2O4S2. The van der Waals surface area contributed by atoms with E-state index >= 15 is 0 Å². The highest BCUT2D eigenvalue weighted by molar-refractivity contribution is 7.20. The number of rotatable bonds is 8. The Bertz CT molecular complexity index is 1840. The number of methoxy groups -OCH3 is 1. The summed E-state index contributed by atoms with van der Waals surface area (Å²) in [6.45, 7) is 15.7. The number of fused-ring (bicyclic) bond motifs is 2. The molecule has 3 heterocycles. The molecule has 6 aromatic rings. The predicted molar refractivity (Wildman–Crippen MR) is 200 cm³/mol. The number of aromatic nitrogens is 2. The Morgan fingerprint density at radius 2 is 1.16 bits per heavy atom. The number of aromatic amines is 2. The lowest BCUT2D eigenvalue weighted by atomic mass is 10.0. The maximum absolute atomic E-state index is 11.9. The minimum atomic E-state index is -6.00. The third-order valence-electron chi connectivity index (χ3n) is 7.20. The standard InChI is InChI=1S/C29H22N2O2S2.2C4H10O.BF4/c1-16-24(20-8-4-6-10-22(20)34-16)26-27(25-17(2)35-23-11-7-5-9-21(23)25)31-28(30-26)18-12-14-19(15-13-18)29(32)33-3;2*1-3-5-4-2;2-1(3,4)5/h4-15H,1-3H3,(H,30,31);2*3-4H2,1-2H3;/q;;;-1/p+1. The summed E-state index contributed by atoms with van der Waals surface area (Å²) >= 11 is 3.63. The van der Waals surface area contributed by atoms with Crippen molar-refractivity contribution in [1.29, 1.82) is 0 Å². The molecule has 50 heavy (non-hydrogen) atoms. The molecule has 6 nitrogen and oxygen atoms in total. The number of halogens is 4. The Balaban J connectivity index is 0.000000381. The number of hydrogen-bond acceptors (Lipinski definition) is 6. The highest BCUT2D eigenvalue weighted by Gasteiger charge is 2.28. The zero-order chi connectivity index (χ0) is 36.8. The van der Waals surface area contributed by atoms with Gasteiger partial charge < -0.3 is 31.5 Å². The number of carbonyl (C=O) groups excluding carboxylic acids is 1. The molecule has 0 bridgehead atoms. The quantitative estimate of drug-likeness (QED) is 0.0961. The molecule has 3 aromatic heterocycles. The van der Waals surface area contributed by atoms with E-state index in [1.54, 1.807) is 12.1 Å². The van der Waals surface area contributed by atoms with Gasteiger partial charge in [0.1, 0.15) is 0 Å². The van der Waals surface area contributed by atoms with Crippen LogP contribution < -0.4 is 4.98 Å². The fourth-order valence-electron chi connectivity index (χ4n) is 5.18. The minimum Gasteiger partial charge on any atom is -0.465 e. The number of benzene rings is 3. The summed E-state index contributed by atoms with van der Waals surface area (Å²) in [5, 5.41) is 2.49. The Morgan fingerprint density at radius 3 is 1.60 bits per heavy atom. The van der Waals surface area contributed by atoms with Gasteiger partial charge in [-0.25, -0.2) is 14.8 Å². The van der Waals surface area contributed by atoms with E-state index in [4.69, 9.17) is 14.2 Å². The molecule has 0 spiro atoms. The van der Waals surface area contributed by atoms with E-state index in [1.807, 2.05) is 62.5 Å². The van der Waals surface area contributed by atoms with E-state index in [0.717, 1.165) is 49.2 Å². The van der Waals surface area contributed by atoms with Gasteiger partial charge in [-0.2, -0.15) is 0 Å². The van der Waals surface area contributed by atoms with Crippen LogP contribution in [0.5, 0.6) is 0 Å². The van der Waals surface area contributed by atoms with Crippen LogP contribution >= 0.6 is 22.7 Å². The average Bonchev–Trinajstić information content (AvgIpc) is 3.76. The number of imidazole rings is 1. The van der Waals surface area contributed by atoms with Crippen LogP contribution in [0.15, 0.2) is 72.8 Å². The van der Waals surface area contributed by atoms with Crippen LogP contribution in [0, 0.1) is 13.8 Å². The van der Waals surface area contributed by atoms with Crippen LogP contribution in [-0.2, 0) is 14.2 Å². The number of thiophene rings is 2. The van der Waals surface area contributed by atoms with Crippen molar-refractivity contribution in [3.05, 3.63) is 88.1 Å². The molecule has 6 rings (SSSR count). The molecule has 2 N–H and O–H groups in total. The molecule has 0 amide bonds. The average molecular weight is 731 g/mol. The van der Waals surface area contributed by atoms with Crippen molar-refractivity contribution >= 4 is 56.1 Å². The molecule has 0 aliphatic rings. The van der Waals surface area contributed by atoms with Crippen molar-refractivity contribution in [3.8, 4) is 33.9 Å². The van der Waals surface area contributed by atoms with E-state index in [1.165, 1.54) is 48.2 Å². The van der Waals surface area contributed by atoms with Gasteiger partial charge in [-0.15, -0.1) is 22.7 Å². The first-order valence-corrected chi connectivity index (χ1v) is 17.8. The molecule has 0 saturated carbocycles. The maximum atomic E-state index is 11.9. The van der Waals surface area contributed by atoms with E-state index in [2.05, 4.69) is 72.3 Å². The van der Waals surface area contributed by atoms with Gasteiger partial charge in [0.2, 0.25) is 0 Å². The monoisotopic (exact) mass is 730 g/mol. The molecular weight excluding hydrogens is 687 g/mol. The first kappa shape index (κ1) is 40.4. The Labute approximate surface area is 298 Å². The van der Waals surface area contributed by atoms with Gasteiger partial charge in [0.05, 0.1) is 18.2 Å². The van der Waals surface area contributed by atoms with E-state index in [9.17, 15) is 22.1 Å². The first-order valence-electron chi connectivity index (χ1n) is 16.2. The lowest BCUT2D eigenvalue weighted by Crippen LogP contribution is -2.07. The Hall–Kier alpha value is -4.04. The van der Waals surface area contributed by atoms with E-state index < -0.39 is 7.25 Å². The topological polar surface area (TPSA) is 74.7 Å². The van der Waals surface area contributed by atoms with Gasteiger partial charge in [0.25, 0.3) is 5.82 Å². The highest BCUT2D eigenvalue weighted by Crippen LogP contribution is 2.45. The maximum Gasteiger partial charge on any atom is 0.673 e. The molecule has 0 atom stereocenters. The molecule has 268 valence electrons. The van der Waals surface area contributed by atoms with E-state index in [0.29, 0.717) is 5.56 Å². The summed E-state index contributed by atoms with van der Waals surface area (Å²) in [5.74, 6) is 0.560. The minimum absolute atomic E-state index is 0.339. The number of esters is 1. The molecule has 3 aromatic carbocycles. The number of aryl methyl sites for hydroxylation is 2. The number of hydrogen-bond donors (Lipinski definition) is 1. The molecule has 0 aliphatic heterocycles. The highest BCUT2D eigenvalue weighted by atomic mass is 32.1. The molecule has 0 radical (unpaired) electrons. The summed E-state index contributed by atoms with van der Waals surface area (Å²) < 4.78 is 56.1. The zero-order valence-electron chi connectivity index (χ0n) is 29.3. The van der Waals surface area contributed by atoms with Crippen molar-refractivity contribution in [2.24, 2.45) is 0 Å². The predicted octanol–water partition coefficient (Wildman–Crippen LogP) is 11.0. The van der Waals surface area contributed by atoms with Gasteiger partial charge in [-0.3, -0.25) is 0 Å². The summed E-state index contributed by atoms with van der Waals surface area (Å²) in [6.07, 6.45) is 0. The van der Waals surface area contributed by atoms with Crippen molar-refractivity contribution in [3.63, 3.8) is 0 Å². The second kappa shape index (κ2) is 19.4. The number of carbonyl (C=O) groups is 1. The van der Waals surface area contributed by atoms with Crippen molar-refractivity contribution in [2.75, 3.05) is 33.5 Å². The smallest absolute Gasteiger partial charge is 0.465 e. The molecule has 0 aliphatic carbocycles. The lowest BCUT2D eigenvalue weighted by Gasteiger charge is -2.01. The van der Waals surface area contributed by atoms with Gasteiger partial charge in [0, 0.05) is 67.5 Å². The third-order valence-corrected chi connectivity index (χ3v) is 9.38. The van der Waals surface area contributed by atoms with Crippen LogP contribution in [0.4, 0.5) is 17.3 Å². The van der Waals surface area contributed by atoms with Gasteiger partial charge >= 0.3 is 13.2 Å². The summed E-state index contributed by atoms with van der Waals surface area (Å²) in [5.41, 5.74) is 6.12. The summed E-state index contributed by atoms with van der Waals surface area (Å²) in [6, 6.07) is 24.6. The fraction of sp³-hybridized carbons (Fsp3) is 0.297. The van der Waals surface area contributed by atoms with Crippen LogP contribution in [0.25, 0.3) is 54.1 Å². The largest absolute Gasteiger partial charge is 0.673 e. The van der Waals surface area contributed by atoms with Crippen molar-refractivity contribution in [1.82, 2.24) is 4.98 Å². The Kier molecular flexibility index (Phi) is 15.7. The normalized spacial score (nSPS) is 10.9.